The Morgan fingerprint density at radius 2 is 1.12 bits per heavy atom. The minimum Gasteiger partial charge on any atom is -0.481 e. The lowest BCUT2D eigenvalue weighted by Gasteiger charge is -2.37. The van der Waals surface area contributed by atoms with Crippen LogP contribution in [0.25, 0.3) is 21.5 Å². The van der Waals surface area contributed by atoms with Crippen molar-refractivity contribution < 1.29 is 9.90 Å². The summed E-state index contributed by atoms with van der Waals surface area (Å²) in [6, 6.07) is 36.8. The van der Waals surface area contributed by atoms with Crippen LogP contribution >= 0.6 is 0 Å². The highest BCUT2D eigenvalue weighted by molar-refractivity contribution is 5.94. The minimum absolute atomic E-state index is 0.395. The highest BCUT2D eigenvalue weighted by Crippen LogP contribution is 2.48. The van der Waals surface area contributed by atoms with Crippen LogP contribution < -0.4 is 0 Å². The summed E-state index contributed by atoms with van der Waals surface area (Å²) in [5, 5.41) is 15.2. The van der Waals surface area contributed by atoms with Crippen LogP contribution in [0.15, 0.2) is 109 Å². The highest BCUT2D eigenvalue weighted by atomic mass is 16.4. The molecule has 1 unspecified atom stereocenters. The summed E-state index contributed by atoms with van der Waals surface area (Å²) in [7, 11) is 0. The van der Waals surface area contributed by atoms with Gasteiger partial charge in [-0.15, -0.1) is 0 Å². The Kier molecular flexibility index (Phi) is 5.22. The fraction of sp³-hybridized carbons (Fsp3) is 0.129. The van der Waals surface area contributed by atoms with Crippen LogP contribution in [0, 0.1) is 6.92 Å². The Bertz CT molecular complexity index is 1390. The van der Waals surface area contributed by atoms with Crippen molar-refractivity contribution in [3.63, 3.8) is 0 Å². The molecular weight excluding hydrogens is 404 g/mol. The quantitative estimate of drug-likeness (QED) is 0.314. The molecule has 0 radical (unpaired) electrons. The molecule has 2 nitrogen and oxygen atoms in total. The van der Waals surface area contributed by atoms with Gasteiger partial charge in [-0.3, -0.25) is 4.79 Å². The molecule has 162 valence electrons. The van der Waals surface area contributed by atoms with Gasteiger partial charge in [0.1, 0.15) is 5.41 Å². The maximum absolute atomic E-state index is 13.2. The SMILES string of the molecule is Cc1ccccc1C(C)(C(=O)O)C(c1cccc2ccccc12)c1cccc2ccccc12. The molecule has 33 heavy (non-hydrogen) atoms. The predicted molar refractivity (Wildman–Crippen MR) is 136 cm³/mol. The zero-order valence-electron chi connectivity index (χ0n) is 18.8. The topological polar surface area (TPSA) is 37.3 Å². The van der Waals surface area contributed by atoms with E-state index < -0.39 is 17.3 Å². The zero-order chi connectivity index (χ0) is 23.0. The highest BCUT2D eigenvalue weighted by Gasteiger charge is 2.46. The number of aliphatic carboxylic acids is 1. The van der Waals surface area contributed by atoms with E-state index in [2.05, 4.69) is 48.5 Å². The third kappa shape index (κ3) is 3.39. The molecular formula is C31H26O2. The lowest BCUT2D eigenvalue weighted by molar-refractivity contribution is -0.143. The summed E-state index contributed by atoms with van der Waals surface area (Å²) in [6.07, 6.45) is 0. The first-order valence-electron chi connectivity index (χ1n) is 11.3. The van der Waals surface area contributed by atoms with Gasteiger partial charge in [0.15, 0.2) is 0 Å². The molecule has 0 saturated carbocycles. The molecule has 1 N–H and O–H groups in total. The van der Waals surface area contributed by atoms with Crippen molar-refractivity contribution in [2.24, 2.45) is 0 Å². The molecule has 5 rings (SSSR count). The maximum Gasteiger partial charge on any atom is 0.314 e. The first-order chi connectivity index (χ1) is 16.0. The maximum atomic E-state index is 13.2. The molecule has 0 heterocycles. The van der Waals surface area contributed by atoms with Crippen molar-refractivity contribution in [3.8, 4) is 0 Å². The number of hydrogen-bond donors (Lipinski definition) is 1. The molecule has 0 saturated heterocycles. The second-order valence-corrected chi connectivity index (χ2v) is 8.89. The predicted octanol–water partition coefficient (Wildman–Crippen LogP) is 7.48. The summed E-state index contributed by atoms with van der Waals surface area (Å²) < 4.78 is 0. The van der Waals surface area contributed by atoms with E-state index in [1.165, 1.54) is 0 Å². The van der Waals surface area contributed by atoms with Gasteiger partial charge >= 0.3 is 5.97 Å². The summed E-state index contributed by atoms with van der Waals surface area (Å²) in [5.74, 6) is -1.23. The van der Waals surface area contributed by atoms with Crippen molar-refractivity contribution >= 4 is 27.5 Å². The van der Waals surface area contributed by atoms with Crippen molar-refractivity contribution in [1.82, 2.24) is 0 Å². The molecule has 0 aliphatic carbocycles. The summed E-state index contributed by atoms with van der Waals surface area (Å²) in [4.78, 5) is 13.2. The number of hydrogen-bond acceptors (Lipinski definition) is 1. The zero-order valence-corrected chi connectivity index (χ0v) is 18.8. The van der Waals surface area contributed by atoms with Gasteiger partial charge in [0.25, 0.3) is 0 Å². The number of benzene rings is 5. The van der Waals surface area contributed by atoms with Crippen LogP contribution in [-0.2, 0) is 10.2 Å². The monoisotopic (exact) mass is 430 g/mol. The van der Waals surface area contributed by atoms with E-state index in [1.54, 1.807) is 0 Å². The van der Waals surface area contributed by atoms with Gasteiger partial charge in [-0.05, 0) is 57.6 Å². The fourth-order valence-corrected chi connectivity index (χ4v) is 5.34. The number of carboxylic acids is 1. The van der Waals surface area contributed by atoms with Crippen LogP contribution in [0.3, 0.4) is 0 Å². The van der Waals surface area contributed by atoms with Crippen LogP contribution in [0.4, 0.5) is 0 Å². The molecule has 1 atom stereocenters. The fourth-order valence-electron chi connectivity index (χ4n) is 5.34. The second-order valence-electron chi connectivity index (χ2n) is 8.89. The third-order valence-corrected chi connectivity index (χ3v) is 6.99. The van der Waals surface area contributed by atoms with Crippen molar-refractivity contribution in [1.29, 1.82) is 0 Å². The van der Waals surface area contributed by atoms with Gasteiger partial charge in [-0.25, -0.2) is 0 Å². The van der Waals surface area contributed by atoms with Crippen LogP contribution in [0.2, 0.25) is 0 Å². The molecule has 0 aliphatic rings. The summed E-state index contributed by atoms with van der Waals surface area (Å²) in [6.45, 7) is 3.88. The number of fused-ring (bicyclic) bond motifs is 2. The standard InChI is InChI=1S/C31H26O2/c1-21-11-3-8-20-28(21)31(2,30(32)33)29(26-18-9-14-22-12-4-6-16-24(22)26)27-19-10-15-23-13-5-7-17-25(23)27/h3-20,29H,1-2H3,(H,32,33). The lowest BCUT2D eigenvalue weighted by Crippen LogP contribution is -2.40. The van der Waals surface area contributed by atoms with E-state index in [0.717, 1.165) is 43.8 Å². The van der Waals surface area contributed by atoms with Gasteiger partial charge in [0, 0.05) is 5.92 Å². The van der Waals surface area contributed by atoms with Gasteiger partial charge in [-0.2, -0.15) is 0 Å². The molecule has 0 aliphatic heterocycles. The molecule has 5 aromatic rings. The lowest BCUT2D eigenvalue weighted by atomic mass is 9.64. The van der Waals surface area contributed by atoms with Crippen LogP contribution in [-0.4, -0.2) is 11.1 Å². The van der Waals surface area contributed by atoms with E-state index in [0.29, 0.717) is 0 Å². The first-order valence-corrected chi connectivity index (χ1v) is 11.3. The Morgan fingerprint density at radius 3 is 1.64 bits per heavy atom. The molecule has 0 spiro atoms. The Morgan fingerprint density at radius 1 is 0.667 bits per heavy atom. The van der Waals surface area contributed by atoms with E-state index in [4.69, 9.17) is 0 Å². The number of carbonyl (C=O) groups is 1. The molecule has 2 heteroatoms. The van der Waals surface area contributed by atoms with E-state index in [9.17, 15) is 9.90 Å². The molecule has 0 fully saturated rings. The molecule has 0 aromatic heterocycles. The number of rotatable bonds is 5. The van der Waals surface area contributed by atoms with E-state index >= 15 is 0 Å². The van der Waals surface area contributed by atoms with Gasteiger partial charge < -0.3 is 5.11 Å². The third-order valence-electron chi connectivity index (χ3n) is 6.99. The normalized spacial score (nSPS) is 13.3. The Balaban J connectivity index is 1.93. The van der Waals surface area contributed by atoms with Gasteiger partial charge in [0.2, 0.25) is 0 Å². The Labute approximate surface area is 194 Å². The largest absolute Gasteiger partial charge is 0.481 e. The summed E-state index contributed by atoms with van der Waals surface area (Å²) >= 11 is 0. The molecule has 0 bridgehead atoms. The van der Waals surface area contributed by atoms with Gasteiger partial charge in [-0.1, -0.05) is 109 Å². The summed E-state index contributed by atoms with van der Waals surface area (Å²) in [5.41, 5.74) is 2.69. The van der Waals surface area contributed by atoms with E-state index in [-0.39, 0.29) is 0 Å². The molecule has 5 aromatic carbocycles. The van der Waals surface area contributed by atoms with Crippen LogP contribution in [0.1, 0.15) is 35.1 Å². The second kappa shape index (κ2) is 8.22. The van der Waals surface area contributed by atoms with Crippen molar-refractivity contribution in [2.75, 3.05) is 0 Å². The first kappa shape index (κ1) is 21.0. The number of carboxylic acid groups (broad SMARTS) is 1. The van der Waals surface area contributed by atoms with Gasteiger partial charge in [0.05, 0.1) is 0 Å². The van der Waals surface area contributed by atoms with E-state index in [1.807, 2.05) is 74.5 Å². The smallest absolute Gasteiger partial charge is 0.314 e. The minimum atomic E-state index is -1.18. The molecule has 0 amide bonds. The van der Waals surface area contributed by atoms with Crippen LogP contribution in [0.5, 0.6) is 0 Å². The van der Waals surface area contributed by atoms with Crippen molar-refractivity contribution in [2.45, 2.75) is 25.2 Å². The average Bonchev–Trinajstić information content (AvgIpc) is 2.84. The average molecular weight is 431 g/mol. The van der Waals surface area contributed by atoms with Crippen molar-refractivity contribution in [3.05, 3.63) is 131 Å². The Hall–Kier alpha value is -3.91. The number of aryl methyl sites for hydroxylation is 1.